The number of hydrogen-bond donors (Lipinski definition) is 0. The topological polar surface area (TPSA) is 13.1 Å². The van der Waals surface area contributed by atoms with Gasteiger partial charge in [-0.05, 0) is 151 Å². The van der Waals surface area contributed by atoms with Crippen molar-refractivity contribution in [3.63, 3.8) is 0 Å². The second-order valence-corrected chi connectivity index (χ2v) is 16.7. The maximum absolute atomic E-state index is 6.81. The molecule has 0 radical (unpaired) electrons. The van der Waals surface area contributed by atoms with Crippen LogP contribution >= 0.6 is 0 Å². The van der Waals surface area contributed by atoms with Crippen LogP contribution in [0.4, 0.5) is 0 Å². The van der Waals surface area contributed by atoms with Crippen molar-refractivity contribution in [3.05, 3.63) is 183 Å². The first kappa shape index (κ1) is 33.2. The Morgan fingerprint density at radius 1 is 0.554 bits per heavy atom. The van der Waals surface area contributed by atoms with Crippen molar-refractivity contribution in [3.8, 4) is 22.3 Å². The SMILES string of the molecule is CC1(C)C/C(c2c3c(c(-c4cccc(-c5ccc6c(c5)C=CCC6)c4)c4ccccc24)=CCCC=3)=C\c2c(ccc3c2oc2ccccc23)Cc2ccccc21. The number of aryl methyl sites for hydroxylation is 1. The maximum atomic E-state index is 6.81. The number of furan rings is 1. The lowest BCUT2D eigenvalue weighted by molar-refractivity contribution is 0.538. The van der Waals surface area contributed by atoms with Crippen molar-refractivity contribution < 1.29 is 4.42 Å². The Labute approximate surface area is 328 Å². The fraction of sp³-hybridized carbons (Fsp3) is 0.164. The van der Waals surface area contributed by atoms with Crippen molar-refractivity contribution in [2.75, 3.05) is 0 Å². The van der Waals surface area contributed by atoms with E-state index >= 15 is 0 Å². The van der Waals surface area contributed by atoms with Gasteiger partial charge < -0.3 is 4.42 Å². The quantitative estimate of drug-likeness (QED) is 0.177. The molecule has 56 heavy (non-hydrogen) atoms. The molecule has 1 heteroatoms. The van der Waals surface area contributed by atoms with Crippen LogP contribution in [0.5, 0.6) is 0 Å². The highest BCUT2D eigenvalue weighted by atomic mass is 16.3. The van der Waals surface area contributed by atoms with Crippen LogP contribution in [0.15, 0.2) is 138 Å². The van der Waals surface area contributed by atoms with Crippen LogP contribution in [0, 0.1) is 0 Å². The molecule has 0 amide bonds. The molecule has 0 atom stereocenters. The van der Waals surface area contributed by atoms with E-state index < -0.39 is 0 Å². The average Bonchev–Trinajstić information content (AvgIpc) is 3.63. The van der Waals surface area contributed by atoms with Crippen molar-refractivity contribution in [1.29, 1.82) is 0 Å². The minimum Gasteiger partial charge on any atom is -0.455 e. The van der Waals surface area contributed by atoms with Crippen LogP contribution in [0.2, 0.25) is 0 Å². The fourth-order valence-electron chi connectivity index (χ4n) is 10.1. The van der Waals surface area contributed by atoms with Gasteiger partial charge >= 0.3 is 0 Å². The number of rotatable bonds is 3. The van der Waals surface area contributed by atoms with E-state index in [4.69, 9.17) is 4.42 Å². The van der Waals surface area contributed by atoms with Crippen LogP contribution in [0.1, 0.15) is 78.5 Å². The molecule has 3 aliphatic rings. The van der Waals surface area contributed by atoms with Gasteiger partial charge in [-0.3, -0.25) is 0 Å². The van der Waals surface area contributed by atoms with Crippen molar-refractivity contribution in [1.82, 2.24) is 0 Å². The molecule has 270 valence electrons. The summed E-state index contributed by atoms with van der Waals surface area (Å²) in [6.07, 6.45) is 18.2. The summed E-state index contributed by atoms with van der Waals surface area (Å²) < 4.78 is 6.81. The van der Waals surface area contributed by atoms with Gasteiger partial charge in [-0.15, -0.1) is 0 Å². The summed E-state index contributed by atoms with van der Waals surface area (Å²) in [5, 5.41) is 7.69. The van der Waals surface area contributed by atoms with Gasteiger partial charge in [0.05, 0.1) is 0 Å². The molecule has 0 saturated heterocycles. The molecule has 11 rings (SSSR count). The monoisotopic (exact) mass is 720 g/mol. The predicted molar refractivity (Wildman–Crippen MR) is 238 cm³/mol. The van der Waals surface area contributed by atoms with Crippen LogP contribution in [-0.4, -0.2) is 0 Å². The fourth-order valence-corrected chi connectivity index (χ4v) is 10.1. The molecular weight excluding hydrogens is 677 g/mol. The van der Waals surface area contributed by atoms with Crippen molar-refractivity contribution in [2.24, 2.45) is 0 Å². The summed E-state index contributed by atoms with van der Waals surface area (Å²) in [4.78, 5) is 0. The first-order chi connectivity index (χ1) is 27.5. The third kappa shape index (κ3) is 5.36. The molecule has 0 unspecified atom stereocenters. The molecule has 8 aromatic rings. The first-order valence-corrected chi connectivity index (χ1v) is 20.4. The Balaban J connectivity index is 1.18. The lowest BCUT2D eigenvalue weighted by Gasteiger charge is -2.30. The number of benzene rings is 7. The number of allylic oxidation sites excluding steroid dienone is 2. The van der Waals surface area contributed by atoms with Crippen molar-refractivity contribution >= 4 is 62.6 Å². The highest BCUT2D eigenvalue weighted by molar-refractivity contribution is 6.11. The lowest BCUT2D eigenvalue weighted by atomic mass is 9.74. The Hall–Kier alpha value is -6.18. The minimum absolute atomic E-state index is 0.110. The molecule has 0 aliphatic heterocycles. The van der Waals surface area contributed by atoms with E-state index in [2.05, 4.69) is 172 Å². The third-order valence-corrected chi connectivity index (χ3v) is 12.7. The number of fused-ring (bicyclic) bond motifs is 9. The standard InChI is InChI=1S/C55H44O/c1-55(2)34-42(33-49-39(32-40-16-5-11-24-50(40)55)28-29-48-43-19-10-12-25-51(43)56-54(48)49)53-46-22-8-6-20-44(46)52(45-21-7-9-23-47(45)53)41-18-13-17-37(31-41)38-27-26-35-14-3-4-15-36(35)30-38/h4-6,8,10-13,15-31,33H,3,7,9,14,32,34H2,1-2H3/b42-33+. The summed E-state index contributed by atoms with van der Waals surface area (Å²) >= 11 is 0. The Morgan fingerprint density at radius 3 is 2.14 bits per heavy atom. The van der Waals surface area contributed by atoms with Gasteiger partial charge in [-0.1, -0.05) is 147 Å². The second kappa shape index (κ2) is 13.0. The van der Waals surface area contributed by atoms with Gasteiger partial charge in [0.1, 0.15) is 11.2 Å². The summed E-state index contributed by atoms with van der Waals surface area (Å²) in [7, 11) is 0. The van der Waals surface area contributed by atoms with Crippen LogP contribution in [0.3, 0.4) is 0 Å². The number of hydrogen-bond acceptors (Lipinski definition) is 1. The van der Waals surface area contributed by atoms with Crippen LogP contribution < -0.4 is 10.4 Å². The van der Waals surface area contributed by atoms with Crippen molar-refractivity contribution in [2.45, 2.75) is 57.8 Å². The third-order valence-electron chi connectivity index (χ3n) is 12.7. The molecule has 3 aliphatic carbocycles. The molecule has 0 saturated carbocycles. The van der Waals surface area contributed by atoms with Gasteiger partial charge in [-0.25, -0.2) is 0 Å². The molecule has 0 bridgehead atoms. The summed E-state index contributed by atoms with van der Waals surface area (Å²) in [6.45, 7) is 4.88. The normalized spacial score (nSPS) is 16.6. The van der Waals surface area contributed by atoms with Gasteiger partial charge in [0.15, 0.2) is 0 Å². The van der Waals surface area contributed by atoms with Gasteiger partial charge in [0, 0.05) is 16.3 Å². The molecular formula is C55H44O. The molecule has 0 spiro atoms. The Morgan fingerprint density at radius 2 is 1.27 bits per heavy atom. The highest BCUT2D eigenvalue weighted by Gasteiger charge is 2.30. The zero-order valence-corrected chi connectivity index (χ0v) is 32.2. The summed E-state index contributed by atoms with van der Waals surface area (Å²) in [5.74, 6) is 0. The Kier molecular flexibility index (Phi) is 7.68. The molecule has 1 heterocycles. The Bertz CT molecular complexity index is 3110. The zero-order valence-electron chi connectivity index (χ0n) is 32.2. The van der Waals surface area contributed by atoms with Gasteiger partial charge in [-0.2, -0.15) is 0 Å². The first-order valence-electron chi connectivity index (χ1n) is 20.4. The number of para-hydroxylation sites is 1. The van der Waals surface area contributed by atoms with E-state index in [1.165, 1.54) is 98.8 Å². The average molecular weight is 721 g/mol. The van der Waals surface area contributed by atoms with Crippen LogP contribution in [-0.2, 0) is 18.3 Å². The van der Waals surface area contributed by atoms with E-state index in [1.807, 2.05) is 0 Å². The van der Waals surface area contributed by atoms with Crippen LogP contribution in [0.25, 0.3) is 84.8 Å². The maximum Gasteiger partial charge on any atom is 0.142 e. The second-order valence-electron chi connectivity index (χ2n) is 16.7. The molecule has 1 aromatic heterocycles. The van der Waals surface area contributed by atoms with E-state index in [9.17, 15) is 0 Å². The zero-order chi connectivity index (χ0) is 37.4. The predicted octanol–water partition coefficient (Wildman–Crippen LogP) is 13.2. The van der Waals surface area contributed by atoms with E-state index in [0.29, 0.717) is 0 Å². The van der Waals surface area contributed by atoms with E-state index in [-0.39, 0.29) is 5.41 Å². The molecule has 0 N–H and O–H groups in total. The largest absolute Gasteiger partial charge is 0.455 e. The summed E-state index contributed by atoms with van der Waals surface area (Å²) in [6, 6.07) is 47.7. The lowest BCUT2D eigenvalue weighted by Crippen LogP contribution is -2.33. The molecule has 1 nitrogen and oxygen atoms in total. The minimum atomic E-state index is -0.110. The summed E-state index contributed by atoms with van der Waals surface area (Å²) in [5.41, 5.74) is 17.8. The van der Waals surface area contributed by atoms with Gasteiger partial charge in [0.25, 0.3) is 0 Å². The smallest absolute Gasteiger partial charge is 0.142 e. The molecule has 0 fully saturated rings. The highest BCUT2D eigenvalue weighted by Crippen LogP contribution is 2.44. The molecule has 7 aromatic carbocycles. The van der Waals surface area contributed by atoms with Gasteiger partial charge in [0.2, 0.25) is 0 Å². The van der Waals surface area contributed by atoms with E-state index in [0.717, 1.165) is 49.7 Å². The van der Waals surface area contributed by atoms with E-state index in [1.54, 1.807) is 0 Å².